The van der Waals surface area contributed by atoms with Crippen LogP contribution in [0.5, 0.6) is 6.01 Å². The highest BCUT2D eigenvalue weighted by Gasteiger charge is 2.11. The highest BCUT2D eigenvalue weighted by Crippen LogP contribution is 2.19. The molecule has 0 fully saturated rings. The molecule has 23 heavy (non-hydrogen) atoms. The molecule has 0 aliphatic heterocycles. The van der Waals surface area contributed by atoms with Crippen LogP contribution in [0.4, 0.5) is 5.82 Å². The maximum Gasteiger partial charge on any atom is 0.320 e. The van der Waals surface area contributed by atoms with Crippen LogP contribution in [-0.4, -0.2) is 26.1 Å². The van der Waals surface area contributed by atoms with Gasteiger partial charge in [0.15, 0.2) is 11.5 Å². The van der Waals surface area contributed by atoms with E-state index in [0.717, 1.165) is 31.5 Å². The summed E-state index contributed by atoms with van der Waals surface area (Å²) in [6.45, 7) is 3.51. The average Bonchev–Trinajstić information content (AvgIpc) is 2.97. The third kappa shape index (κ3) is 3.59. The second-order valence-corrected chi connectivity index (χ2v) is 5.44. The van der Waals surface area contributed by atoms with Crippen molar-refractivity contribution in [2.45, 2.75) is 32.7 Å². The Hall–Kier alpha value is -2.63. The molecule has 0 saturated heterocycles. The fraction of sp³-hybridized carbons (Fsp3) is 0.353. The quantitative estimate of drug-likeness (QED) is 0.679. The highest BCUT2D eigenvalue weighted by atomic mass is 16.5. The molecule has 0 spiro atoms. The minimum atomic E-state index is 0.320. The van der Waals surface area contributed by atoms with Gasteiger partial charge in [-0.05, 0) is 24.8 Å². The summed E-state index contributed by atoms with van der Waals surface area (Å²) in [6.07, 6.45) is 4.62. The van der Waals surface area contributed by atoms with Crippen LogP contribution in [0.1, 0.15) is 25.3 Å². The van der Waals surface area contributed by atoms with Crippen LogP contribution >= 0.6 is 0 Å². The summed E-state index contributed by atoms with van der Waals surface area (Å²) < 4.78 is 7.65. The van der Waals surface area contributed by atoms with Gasteiger partial charge in [0.1, 0.15) is 5.52 Å². The first-order valence-corrected chi connectivity index (χ1v) is 7.93. The van der Waals surface area contributed by atoms with Crippen molar-refractivity contribution >= 4 is 17.0 Å². The molecule has 2 aromatic heterocycles. The van der Waals surface area contributed by atoms with E-state index in [1.54, 1.807) is 6.33 Å². The number of nitrogen functional groups attached to an aromatic ring is 1. The van der Waals surface area contributed by atoms with Gasteiger partial charge in [0.05, 0.1) is 12.9 Å². The number of nitrogens with two attached hydrogens (primary N) is 1. The normalized spacial score (nSPS) is 11.0. The number of rotatable bonds is 7. The summed E-state index contributed by atoms with van der Waals surface area (Å²) in [4.78, 5) is 12.9. The lowest BCUT2D eigenvalue weighted by atomic mass is 10.1. The van der Waals surface area contributed by atoms with E-state index in [4.69, 9.17) is 10.5 Å². The lowest BCUT2D eigenvalue weighted by molar-refractivity contribution is 0.288. The van der Waals surface area contributed by atoms with E-state index in [1.807, 2.05) is 22.8 Å². The van der Waals surface area contributed by atoms with Gasteiger partial charge in [0, 0.05) is 6.54 Å². The minimum absolute atomic E-state index is 0.320. The molecule has 2 N–H and O–H groups in total. The smallest absolute Gasteiger partial charge is 0.320 e. The van der Waals surface area contributed by atoms with Gasteiger partial charge in [-0.2, -0.15) is 9.97 Å². The third-order valence-corrected chi connectivity index (χ3v) is 3.62. The first kappa shape index (κ1) is 15.3. The van der Waals surface area contributed by atoms with Crippen molar-refractivity contribution in [2.24, 2.45) is 0 Å². The predicted octanol–water partition coefficient (Wildman–Crippen LogP) is 2.83. The summed E-state index contributed by atoms with van der Waals surface area (Å²) >= 11 is 0. The van der Waals surface area contributed by atoms with E-state index in [1.165, 1.54) is 5.56 Å². The van der Waals surface area contributed by atoms with Crippen LogP contribution in [0, 0.1) is 0 Å². The molecule has 0 aliphatic carbocycles. The van der Waals surface area contributed by atoms with Crippen molar-refractivity contribution in [3.63, 3.8) is 0 Å². The Labute approximate surface area is 135 Å². The number of hydrogen-bond donors (Lipinski definition) is 1. The molecule has 6 nitrogen and oxygen atoms in total. The Morgan fingerprint density at radius 1 is 1.17 bits per heavy atom. The maximum atomic E-state index is 5.95. The summed E-state index contributed by atoms with van der Waals surface area (Å²) in [5.41, 5.74) is 8.62. The minimum Gasteiger partial charge on any atom is -0.463 e. The zero-order valence-electron chi connectivity index (χ0n) is 13.3. The number of imidazole rings is 1. The molecule has 0 aliphatic rings. The zero-order chi connectivity index (χ0) is 16.1. The monoisotopic (exact) mass is 311 g/mol. The number of hydrogen-bond acceptors (Lipinski definition) is 5. The van der Waals surface area contributed by atoms with Crippen LogP contribution in [0.3, 0.4) is 0 Å². The lowest BCUT2D eigenvalue weighted by Gasteiger charge is -2.07. The van der Waals surface area contributed by atoms with Crippen molar-refractivity contribution in [1.82, 2.24) is 19.5 Å². The maximum absolute atomic E-state index is 5.95. The Morgan fingerprint density at radius 3 is 2.78 bits per heavy atom. The van der Waals surface area contributed by atoms with Crippen LogP contribution in [0.2, 0.25) is 0 Å². The van der Waals surface area contributed by atoms with Gasteiger partial charge in [-0.15, -0.1) is 0 Å². The summed E-state index contributed by atoms with van der Waals surface area (Å²) in [5, 5.41) is 0. The van der Waals surface area contributed by atoms with Crippen molar-refractivity contribution in [2.75, 3.05) is 12.3 Å². The molecule has 0 amide bonds. The van der Waals surface area contributed by atoms with Crippen molar-refractivity contribution in [3.05, 3.63) is 42.2 Å². The SMILES string of the molecule is CCCn1cnc2c(N)nc(OCCCc3ccccc3)nc21. The molecule has 2 heterocycles. The number of fused-ring (bicyclic) bond motifs is 1. The fourth-order valence-corrected chi connectivity index (χ4v) is 2.50. The number of anilines is 1. The molecule has 6 heteroatoms. The van der Waals surface area contributed by atoms with Crippen molar-refractivity contribution < 1.29 is 4.74 Å². The Morgan fingerprint density at radius 2 is 2.00 bits per heavy atom. The van der Waals surface area contributed by atoms with E-state index >= 15 is 0 Å². The molecule has 0 atom stereocenters. The van der Waals surface area contributed by atoms with E-state index in [-0.39, 0.29) is 0 Å². The molecule has 120 valence electrons. The van der Waals surface area contributed by atoms with Crippen molar-refractivity contribution in [3.8, 4) is 6.01 Å². The van der Waals surface area contributed by atoms with Crippen LogP contribution in [0.25, 0.3) is 11.2 Å². The molecule has 0 unspecified atom stereocenters. The number of nitrogens with zero attached hydrogens (tertiary/aromatic N) is 4. The first-order valence-electron chi connectivity index (χ1n) is 7.93. The lowest BCUT2D eigenvalue weighted by Crippen LogP contribution is -2.06. The number of aryl methyl sites for hydroxylation is 2. The second kappa shape index (κ2) is 7.09. The third-order valence-electron chi connectivity index (χ3n) is 3.62. The van der Waals surface area contributed by atoms with Gasteiger partial charge < -0.3 is 15.0 Å². The topological polar surface area (TPSA) is 78.9 Å². The molecule has 0 bridgehead atoms. The van der Waals surface area contributed by atoms with Gasteiger partial charge in [-0.3, -0.25) is 0 Å². The molecule has 3 aromatic rings. The van der Waals surface area contributed by atoms with Crippen LogP contribution < -0.4 is 10.5 Å². The van der Waals surface area contributed by atoms with Crippen LogP contribution in [0.15, 0.2) is 36.7 Å². The zero-order valence-corrected chi connectivity index (χ0v) is 13.3. The Balaban J connectivity index is 1.64. The largest absolute Gasteiger partial charge is 0.463 e. The van der Waals surface area contributed by atoms with E-state index in [0.29, 0.717) is 24.0 Å². The van der Waals surface area contributed by atoms with E-state index in [9.17, 15) is 0 Å². The van der Waals surface area contributed by atoms with Gasteiger partial charge in [0.2, 0.25) is 0 Å². The molecular formula is C17H21N5O. The highest BCUT2D eigenvalue weighted by molar-refractivity contribution is 5.81. The van der Waals surface area contributed by atoms with Crippen molar-refractivity contribution in [1.29, 1.82) is 0 Å². The Kier molecular flexibility index (Phi) is 4.71. The molecule has 0 saturated carbocycles. The van der Waals surface area contributed by atoms with Gasteiger partial charge in [-0.1, -0.05) is 37.3 Å². The predicted molar refractivity (Wildman–Crippen MR) is 90.3 cm³/mol. The number of benzene rings is 1. The van der Waals surface area contributed by atoms with Crippen LogP contribution in [-0.2, 0) is 13.0 Å². The summed E-state index contributed by atoms with van der Waals surface area (Å²) in [6, 6.07) is 10.7. The van der Waals surface area contributed by atoms with Gasteiger partial charge in [0.25, 0.3) is 0 Å². The van der Waals surface area contributed by atoms with Gasteiger partial charge in [-0.25, -0.2) is 4.98 Å². The van der Waals surface area contributed by atoms with E-state index < -0.39 is 0 Å². The van der Waals surface area contributed by atoms with Gasteiger partial charge >= 0.3 is 6.01 Å². The first-order chi connectivity index (χ1) is 11.3. The molecule has 0 radical (unpaired) electrons. The average molecular weight is 311 g/mol. The molecular weight excluding hydrogens is 290 g/mol. The number of aromatic nitrogens is 4. The number of ether oxygens (including phenoxy) is 1. The summed E-state index contributed by atoms with van der Waals surface area (Å²) in [5.74, 6) is 0.364. The second-order valence-electron chi connectivity index (χ2n) is 5.44. The fourth-order valence-electron chi connectivity index (χ4n) is 2.50. The summed E-state index contributed by atoms with van der Waals surface area (Å²) in [7, 11) is 0. The van der Waals surface area contributed by atoms with E-state index in [2.05, 4.69) is 34.0 Å². The Bertz CT molecular complexity index is 769. The standard InChI is InChI=1S/C17H21N5O/c1-2-10-22-12-19-14-15(18)20-17(21-16(14)22)23-11-6-9-13-7-4-3-5-8-13/h3-5,7-8,12H,2,6,9-11H2,1H3,(H2,18,20,21). The molecule has 3 rings (SSSR count). The molecule has 1 aromatic carbocycles.